The number of nitrogens with one attached hydrogen (secondary N) is 1. The Morgan fingerprint density at radius 2 is 2.05 bits per heavy atom. The lowest BCUT2D eigenvalue weighted by atomic mass is 9.87. The lowest BCUT2D eigenvalue weighted by Gasteiger charge is -2.31. The molecule has 1 aromatic carbocycles. The number of piperidine rings is 1. The Labute approximate surface area is 132 Å². The van der Waals surface area contributed by atoms with Gasteiger partial charge >= 0.3 is 0 Å². The summed E-state index contributed by atoms with van der Waals surface area (Å²) in [7, 11) is 0. The van der Waals surface area contributed by atoms with Crippen molar-refractivity contribution in [2.45, 2.75) is 45.4 Å². The van der Waals surface area contributed by atoms with Crippen LogP contribution >= 0.6 is 0 Å². The summed E-state index contributed by atoms with van der Waals surface area (Å²) in [6.45, 7) is 5.91. The number of rotatable bonds is 4. The van der Waals surface area contributed by atoms with Gasteiger partial charge in [-0.15, -0.1) is 0 Å². The molecule has 0 radical (unpaired) electrons. The third kappa shape index (κ3) is 3.18. The van der Waals surface area contributed by atoms with Crippen LogP contribution in [0.25, 0.3) is 10.9 Å². The minimum absolute atomic E-state index is 0.227. The van der Waals surface area contributed by atoms with E-state index in [-0.39, 0.29) is 5.91 Å². The van der Waals surface area contributed by atoms with Gasteiger partial charge in [-0.25, -0.2) is 0 Å². The number of benzene rings is 1. The molecule has 2 aromatic rings. The van der Waals surface area contributed by atoms with Crippen molar-refractivity contribution in [2.24, 2.45) is 5.92 Å². The molecule has 1 aliphatic heterocycles. The van der Waals surface area contributed by atoms with Crippen molar-refractivity contribution < 1.29 is 4.79 Å². The van der Waals surface area contributed by atoms with E-state index in [4.69, 9.17) is 0 Å². The van der Waals surface area contributed by atoms with Crippen LogP contribution in [-0.2, 0) is 4.79 Å². The van der Waals surface area contributed by atoms with E-state index in [1.165, 1.54) is 42.1 Å². The molecule has 0 spiro atoms. The number of amides is 1. The number of H-pyrrole nitrogens is 1. The summed E-state index contributed by atoms with van der Waals surface area (Å²) in [6.07, 6.45) is 7.01. The Kier molecular flexibility index (Phi) is 4.51. The monoisotopic (exact) mass is 298 g/mol. The van der Waals surface area contributed by atoms with Gasteiger partial charge in [0.2, 0.25) is 5.91 Å². The maximum atomic E-state index is 11.4. The van der Waals surface area contributed by atoms with E-state index < -0.39 is 0 Å². The smallest absolute Gasteiger partial charge is 0.219 e. The lowest BCUT2D eigenvalue weighted by Crippen LogP contribution is -2.37. The molecule has 22 heavy (non-hydrogen) atoms. The van der Waals surface area contributed by atoms with Gasteiger partial charge in [-0.1, -0.05) is 25.1 Å². The first-order valence-electron chi connectivity index (χ1n) is 8.46. The zero-order valence-electron chi connectivity index (χ0n) is 13.6. The number of aromatic amines is 1. The highest BCUT2D eigenvalue weighted by Crippen LogP contribution is 2.31. The number of carbonyl (C=O) groups is 1. The normalized spacial score (nSPS) is 17.8. The van der Waals surface area contributed by atoms with Gasteiger partial charge < -0.3 is 9.88 Å². The van der Waals surface area contributed by atoms with Gasteiger partial charge in [0.1, 0.15) is 0 Å². The minimum atomic E-state index is 0.227. The third-order valence-corrected chi connectivity index (χ3v) is 5.22. The first kappa shape index (κ1) is 15.1. The molecule has 2 heterocycles. The molecule has 0 saturated carbocycles. The van der Waals surface area contributed by atoms with Crippen LogP contribution in [0.3, 0.4) is 0 Å². The summed E-state index contributed by atoms with van der Waals surface area (Å²) in [5.41, 5.74) is 2.68. The van der Waals surface area contributed by atoms with E-state index in [9.17, 15) is 4.79 Å². The van der Waals surface area contributed by atoms with Crippen molar-refractivity contribution in [3.63, 3.8) is 0 Å². The second-order valence-corrected chi connectivity index (χ2v) is 6.72. The van der Waals surface area contributed by atoms with Gasteiger partial charge in [-0.2, -0.15) is 0 Å². The standard InChI is InChI=1S/C19H26N2O/c1-14(18-13-20-19-6-4-3-5-17(18)19)7-8-16-9-11-21(12-10-16)15(2)22/h3-6,13-14,16,20H,7-12H2,1-2H3. The Balaban J connectivity index is 1.55. The van der Waals surface area contributed by atoms with Gasteiger partial charge in [0.15, 0.2) is 0 Å². The number of hydrogen-bond acceptors (Lipinski definition) is 1. The average molecular weight is 298 g/mol. The summed E-state index contributed by atoms with van der Waals surface area (Å²) in [5, 5.41) is 1.36. The molecule has 1 saturated heterocycles. The fourth-order valence-electron chi connectivity index (χ4n) is 3.68. The predicted molar refractivity (Wildman–Crippen MR) is 90.9 cm³/mol. The molecule has 3 nitrogen and oxygen atoms in total. The Morgan fingerprint density at radius 3 is 2.77 bits per heavy atom. The number of likely N-dealkylation sites (tertiary alicyclic amines) is 1. The van der Waals surface area contributed by atoms with Crippen molar-refractivity contribution in [3.05, 3.63) is 36.0 Å². The topological polar surface area (TPSA) is 36.1 Å². The summed E-state index contributed by atoms with van der Waals surface area (Å²) < 4.78 is 0. The van der Waals surface area contributed by atoms with Crippen molar-refractivity contribution in [3.8, 4) is 0 Å². The average Bonchev–Trinajstić information content (AvgIpc) is 2.97. The number of carbonyl (C=O) groups excluding carboxylic acids is 1. The Hall–Kier alpha value is -1.77. The van der Waals surface area contributed by atoms with Crippen molar-refractivity contribution in [2.75, 3.05) is 13.1 Å². The number of fused-ring (bicyclic) bond motifs is 1. The van der Waals surface area contributed by atoms with Gasteiger partial charge in [-0.05, 0) is 49.1 Å². The first-order chi connectivity index (χ1) is 10.6. The third-order valence-electron chi connectivity index (χ3n) is 5.22. The summed E-state index contributed by atoms with van der Waals surface area (Å²) in [5.74, 6) is 1.59. The van der Waals surface area contributed by atoms with Gasteiger partial charge in [-0.3, -0.25) is 4.79 Å². The molecule has 118 valence electrons. The number of hydrogen-bond donors (Lipinski definition) is 1. The van der Waals surface area contributed by atoms with Crippen LogP contribution in [0.4, 0.5) is 0 Å². The second-order valence-electron chi connectivity index (χ2n) is 6.72. The van der Waals surface area contributed by atoms with Gasteiger partial charge in [0, 0.05) is 37.1 Å². The molecule has 1 aromatic heterocycles. The van der Waals surface area contributed by atoms with Crippen molar-refractivity contribution in [1.82, 2.24) is 9.88 Å². The fourth-order valence-corrected chi connectivity index (χ4v) is 3.68. The summed E-state index contributed by atoms with van der Waals surface area (Å²) >= 11 is 0. The molecule has 1 amide bonds. The summed E-state index contributed by atoms with van der Waals surface area (Å²) in [6, 6.07) is 8.55. The zero-order chi connectivity index (χ0) is 15.5. The largest absolute Gasteiger partial charge is 0.361 e. The van der Waals surface area contributed by atoms with Crippen LogP contribution < -0.4 is 0 Å². The van der Waals surface area contributed by atoms with Crippen LogP contribution in [-0.4, -0.2) is 28.9 Å². The lowest BCUT2D eigenvalue weighted by molar-refractivity contribution is -0.130. The van der Waals surface area contributed by atoms with Crippen LogP contribution in [0, 0.1) is 5.92 Å². The van der Waals surface area contributed by atoms with Crippen LogP contribution in [0.15, 0.2) is 30.5 Å². The summed E-state index contributed by atoms with van der Waals surface area (Å²) in [4.78, 5) is 16.7. The highest BCUT2D eigenvalue weighted by molar-refractivity contribution is 5.83. The maximum Gasteiger partial charge on any atom is 0.219 e. The van der Waals surface area contributed by atoms with Gasteiger partial charge in [0.25, 0.3) is 0 Å². The molecule has 1 N–H and O–H groups in total. The van der Waals surface area contributed by atoms with Crippen LogP contribution in [0.2, 0.25) is 0 Å². The molecule has 1 aliphatic rings. The van der Waals surface area contributed by atoms with E-state index >= 15 is 0 Å². The highest BCUT2D eigenvalue weighted by Gasteiger charge is 2.21. The molecule has 0 aliphatic carbocycles. The number of nitrogens with zero attached hydrogens (tertiary/aromatic N) is 1. The Bertz CT molecular complexity index is 638. The van der Waals surface area contributed by atoms with E-state index in [0.717, 1.165) is 19.0 Å². The van der Waals surface area contributed by atoms with Gasteiger partial charge in [0.05, 0.1) is 0 Å². The predicted octanol–water partition coefficient (Wildman–Crippen LogP) is 4.31. The highest BCUT2D eigenvalue weighted by atomic mass is 16.2. The minimum Gasteiger partial charge on any atom is -0.361 e. The SMILES string of the molecule is CC(=O)N1CCC(CCC(C)c2c[nH]c3ccccc23)CC1. The van der Waals surface area contributed by atoms with Crippen LogP contribution in [0.1, 0.15) is 51.0 Å². The molecule has 3 rings (SSSR count). The number of para-hydroxylation sites is 1. The second kappa shape index (κ2) is 6.55. The maximum absolute atomic E-state index is 11.4. The van der Waals surface area contributed by atoms with Crippen LogP contribution in [0.5, 0.6) is 0 Å². The molecule has 1 atom stereocenters. The zero-order valence-corrected chi connectivity index (χ0v) is 13.6. The van der Waals surface area contributed by atoms with E-state index in [2.05, 4.69) is 42.4 Å². The quantitative estimate of drug-likeness (QED) is 0.897. The molecular formula is C19H26N2O. The first-order valence-corrected chi connectivity index (χ1v) is 8.46. The molecule has 0 bridgehead atoms. The van der Waals surface area contributed by atoms with E-state index in [0.29, 0.717) is 5.92 Å². The van der Waals surface area contributed by atoms with E-state index in [1.54, 1.807) is 6.92 Å². The molecule has 1 fully saturated rings. The fraction of sp³-hybridized carbons (Fsp3) is 0.526. The number of aromatic nitrogens is 1. The Morgan fingerprint density at radius 1 is 1.32 bits per heavy atom. The van der Waals surface area contributed by atoms with Crippen molar-refractivity contribution >= 4 is 16.8 Å². The molecule has 3 heteroatoms. The molecule has 1 unspecified atom stereocenters. The molecular weight excluding hydrogens is 272 g/mol. The van der Waals surface area contributed by atoms with E-state index in [1.807, 2.05) is 4.90 Å². The van der Waals surface area contributed by atoms with Crippen molar-refractivity contribution in [1.29, 1.82) is 0 Å².